The van der Waals surface area contributed by atoms with Crippen molar-refractivity contribution in [2.45, 2.75) is 45.2 Å². The molecule has 0 atom stereocenters. The molecule has 0 spiro atoms. The molecule has 3 nitrogen and oxygen atoms in total. The van der Waals surface area contributed by atoms with Crippen LogP contribution in [-0.2, 0) is 17.8 Å². The fourth-order valence-electron chi connectivity index (χ4n) is 3.83. The van der Waals surface area contributed by atoms with E-state index in [2.05, 4.69) is 36.2 Å². The monoisotopic (exact) mass is 402 g/mol. The van der Waals surface area contributed by atoms with Gasteiger partial charge in [0.2, 0.25) is 5.91 Å². The Kier molecular flexibility index (Phi) is 6.73. The van der Waals surface area contributed by atoms with Crippen LogP contribution in [0.25, 0.3) is 0 Å². The van der Waals surface area contributed by atoms with E-state index in [1.54, 1.807) is 12.1 Å². The molecule has 0 bridgehead atoms. The minimum Gasteiger partial charge on any atom is -0.351 e. The molecule has 150 valence electrons. The van der Waals surface area contributed by atoms with Crippen LogP contribution in [-0.4, -0.2) is 29.4 Å². The van der Waals surface area contributed by atoms with E-state index in [0.717, 1.165) is 32.4 Å². The van der Waals surface area contributed by atoms with Gasteiger partial charge in [0.1, 0.15) is 5.82 Å². The maximum Gasteiger partial charge on any atom is 0.223 e. The molecule has 0 saturated carbocycles. The number of hydrogen-bond donors (Lipinski definition) is 1. The minimum atomic E-state index is -0.290. The number of nitrogens with zero attached hydrogens (tertiary/aromatic N) is 1. The lowest BCUT2D eigenvalue weighted by molar-refractivity contribution is -0.128. The van der Waals surface area contributed by atoms with Gasteiger partial charge < -0.3 is 5.32 Å². The van der Waals surface area contributed by atoms with Crippen molar-refractivity contribution in [1.82, 2.24) is 10.2 Å². The van der Waals surface area contributed by atoms with E-state index in [9.17, 15) is 9.18 Å². The summed E-state index contributed by atoms with van der Waals surface area (Å²) >= 11 is 5.82. The van der Waals surface area contributed by atoms with Crippen LogP contribution in [0.5, 0.6) is 0 Å². The molecule has 3 rings (SSSR count). The smallest absolute Gasteiger partial charge is 0.223 e. The molecule has 1 aliphatic rings. The lowest BCUT2D eigenvalue weighted by Gasteiger charge is -2.34. The van der Waals surface area contributed by atoms with Crippen molar-refractivity contribution in [2.24, 2.45) is 5.92 Å². The van der Waals surface area contributed by atoms with Crippen molar-refractivity contribution in [3.63, 3.8) is 0 Å². The highest BCUT2D eigenvalue weighted by molar-refractivity contribution is 6.30. The molecule has 1 heterocycles. The standard InChI is InChI=1S/C23H28ClFN2O/c1-23(2,15-17-6-4-3-5-7-17)26-22(28)18-10-12-27(13-11-18)16-19-8-9-20(24)14-21(19)25/h3-9,14,18H,10-13,15-16H2,1-2H3,(H,26,28). The second-order valence-electron chi connectivity index (χ2n) is 8.32. The topological polar surface area (TPSA) is 32.3 Å². The molecular weight excluding hydrogens is 375 g/mol. The summed E-state index contributed by atoms with van der Waals surface area (Å²) in [6, 6.07) is 15.0. The number of nitrogens with one attached hydrogen (secondary N) is 1. The number of carbonyl (C=O) groups excluding carboxylic acids is 1. The summed E-state index contributed by atoms with van der Waals surface area (Å²) in [5.74, 6) is -0.130. The van der Waals surface area contributed by atoms with Gasteiger partial charge in [-0.25, -0.2) is 4.39 Å². The van der Waals surface area contributed by atoms with Gasteiger partial charge >= 0.3 is 0 Å². The first-order chi connectivity index (χ1) is 13.3. The van der Waals surface area contributed by atoms with Crippen molar-refractivity contribution in [2.75, 3.05) is 13.1 Å². The number of carbonyl (C=O) groups is 1. The third-order valence-corrected chi connectivity index (χ3v) is 5.55. The summed E-state index contributed by atoms with van der Waals surface area (Å²) < 4.78 is 14.0. The molecule has 0 unspecified atom stereocenters. The van der Waals surface area contributed by atoms with Gasteiger partial charge in [0, 0.05) is 28.6 Å². The van der Waals surface area contributed by atoms with Crippen LogP contribution >= 0.6 is 11.6 Å². The van der Waals surface area contributed by atoms with Crippen LogP contribution in [0.1, 0.15) is 37.8 Å². The van der Waals surface area contributed by atoms with Crippen LogP contribution in [0.2, 0.25) is 5.02 Å². The van der Waals surface area contributed by atoms with Crippen molar-refractivity contribution >= 4 is 17.5 Å². The number of rotatable bonds is 6. The number of halogens is 2. The first-order valence-corrected chi connectivity index (χ1v) is 10.2. The highest BCUT2D eigenvalue weighted by atomic mass is 35.5. The zero-order chi connectivity index (χ0) is 20.1. The summed E-state index contributed by atoms with van der Waals surface area (Å²) in [5.41, 5.74) is 1.58. The first kappa shape index (κ1) is 20.8. The van der Waals surface area contributed by atoms with Crippen molar-refractivity contribution < 1.29 is 9.18 Å². The van der Waals surface area contributed by atoms with Crippen molar-refractivity contribution in [1.29, 1.82) is 0 Å². The number of piperidine rings is 1. The molecule has 28 heavy (non-hydrogen) atoms. The van der Waals surface area contributed by atoms with E-state index in [4.69, 9.17) is 11.6 Å². The molecular formula is C23H28ClFN2O. The summed E-state index contributed by atoms with van der Waals surface area (Å²) in [5, 5.41) is 3.63. The van der Waals surface area contributed by atoms with Gasteiger partial charge in [0.25, 0.3) is 0 Å². The van der Waals surface area contributed by atoms with E-state index in [1.165, 1.54) is 11.6 Å². The molecule has 1 saturated heterocycles. The fraction of sp³-hybridized carbons (Fsp3) is 0.435. The Morgan fingerprint density at radius 1 is 1.18 bits per heavy atom. The Labute approximate surface area is 171 Å². The van der Waals surface area contributed by atoms with Crippen LogP contribution in [0.4, 0.5) is 4.39 Å². The fourth-order valence-corrected chi connectivity index (χ4v) is 3.99. The number of likely N-dealkylation sites (tertiary alicyclic amines) is 1. The van der Waals surface area contributed by atoms with Gasteiger partial charge in [0.15, 0.2) is 0 Å². The minimum absolute atomic E-state index is 0.0152. The van der Waals surface area contributed by atoms with Crippen LogP contribution < -0.4 is 5.32 Å². The van der Waals surface area contributed by atoms with E-state index in [0.29, 0.717) is 17.1 Å². The second-order valence-corrected chi connectivity index (χ2v) is 8.76. The van der Waals surface area contributed by atoms with Crippen LogP contribution in [0.15, 0.2) is 48.5 Å². The van der Waals surface area contributed by atoms with Gasteiger partial charge in [0.05, 0.1) is 0 Å². The third-order valence-electron chi connectivity index (χ3n) is 5.32. The first-order valence-electron chi connectivity index (χ1n) is 9.85. The molecule has 2 aromatic rings. The second kappa shape index (κ2) is 9.06. The number of amides is 1. The Balaban J connectivity index is 1.49. The molecule has 0 aromatic heterocycles. The van der Waals surface area contributed by atoms with Crippen LogP contribution in [0.3, 0.4) is 0 Å². The Morgan fingerprint density at radius 2 is 1.86 bits per heavy atom. The summed E-state index contributed by atoms with van der Waals surface area (Å²) in [6.45, 7) is 6.27. The van der Waals surface area contributed by atoms with Gasteiger partial charge in [-0.1, -0.05) is 48.0 Å². The van der Waals surface area contributed by atoms with Gasteiger partial charge in [-0.15, -0.1) is 0 Å². The third kappa shape index (κ3) is 5.79. The van der Waals surface area contributed by atoms with E-state index >= 15 is 0 Å². The quantitative estimate of drug-likeness (QED) is 0.750. The predicted molar refractivity (Wildman–Crippen MR) is 112 cm³/mol. The van der Waals surface area contributed by atoms with Gasteiger partial charge in [-0.2, -0.15) is 0 Å². The largest absolute Gasteiger partial charge is 0.351 e. The Morgan fingerprint density at radius 3 is 2.50 bits per heavy atom. The van der Waals surface area contributed by atoms with Gasteiger partial charge in [-0.05, 0) is 63.9 Å². The summed E-state index contributed by atoms with van der Waals surface area (Å²) in [7, 11) is 0. The lowest BCUT2D eigenvalue weighted by Crippen LogP contribution is -2.49. The number of benzene rings is 2. The maximum absolute atomic E-state index is 14.0. The van der Waals surface area contributed by atoms with E-state index in [-0.39, 0.29) is 23.2 Å². The highest BCUT2D eigenvalue weighted by Crippen LogP contribution is 2.23. The Hall–Kier alpha value is -1.91. The average Bonchev–Trinajstić information content (AvgIpc) is 2.64. The zero-order valence-electron chi connectivity index (χ0n) is 16.6. The van der Waals surface area contributed by atoms with Crippen molar-refractivity contribution in [3.8, 4) is 0 Å². The average molecular weight is 403 g/mol. The molecule has 0 radical (unpaired) electrons. The van der Waals surface area contributed by atoms with Gasteiger partial charge in [-0.3, -0.25) is 9.69 Å². The predicted octanol–water partition coefficient (Wildman–Crippen LogP) is 4.83. The molecule has 1 aliphatic heterocycles. The molecule has 1 amide bonds. The molecule has 0 aliphatic carbocycles. The summed E-state index contributed by atoms with van der Waals surface area (Å²) in [6.07, 6.45) is 2.39. The zero-order valence-corrected chi connectivity index (χ0v) is 17.3. The van der Waals surface area contributed by atoms with Crippen LogP contribution in [0, 0.1) is 11.7 Å². The number of hydrogen-bond acceptors (Lipinski definition) is 2. The molecule has 1 N–H and O–H groups in total. The Bertz CT molecular complexity index is 802. The van der Waals surface area contributed by atoms with E-state index in [1.807, 2.05) is 18.2 Å². The molecule has 1 fully saturated rings. The lowest BCUT2D eigenvalue weighted by atomic mass is 9.91. The normalized spacial score (nSPS) is 16.1. The summed E-state index contributed by atoms with van der Waals surface area (Å²) in [4.78, 5) is 15.0. The molecule has 5 heteroatoms. The van der Waals surface area contributed by atoms with E-state index < -0.39 is 0 Å². The van der Waals surface area contributed by atoms with Crippen molar-refractivity contribution in [3.05, 3.63) is 70.5 Å². The highest BCUT2D eigenvalue weighted by Gasteiger charge is 2.29. The maximum atomic E-state index is 14.0. The SMILES string of the molecule is CC(C)(Cc1ccccc1)NC(=O)C1CCN(Cc2ccc(Cl)cc2F)CC1. The molecule has 2 aromatic carbocycles.